The molecule has 0 aliphatic carbocycles. The lowest BCUT2D eigenvalue weighted by molar-refractivity contribution is -0.358. The molecule has 0 aliphatic heterocycles. The van der Waals surface area contributed by atoms with Crippen LogP contribution in [-0.2, 0) is 9.59 Å². The number of fused-ring (bicyclic) bond motifs is 1. The van der Waals surface area contributed by atoms with Crippen LogP contribution in [0.1, 0.15) is 13.8 Å². The van der Waals surface area contributed by atoms with Crippen LogP contribution in [0, 0.1) is 0 Å². The first kappa shape index (κ1) is 13.2. The summed E-state index contributed by atoms with van der Waals surface area (Å²) >= 11 is 1.43. The van der Waals surface area contributed by atoms with Crippen molar-refractivity contribution in [3.05, 3.63) is 24.3 Å². The fourth-order valence-corrected chi connectivity index (χ4v) is 2.35. The second-order valence-electron chi connectivity index (χ2n) is 3.85. The first-order chi connectivity index (χ1) is 9.04. The summed E-state index contributed by atoms with van der Waals surface area (Å²) in [5.74, 6) is -0.353. The van der Waals surface area contributed by atoms with E-state index in [-0.39, 0.29) is 17.8 Å². The number of nitrogens with one attached hydrogen (secondary N) is 3. The minimum atomic E-state index is -0.280. The highest BCUT2D eigenvalue weighted by atomic mass is 32.1. The molecule has 0 spiro atoms. The van der Waals surface area contributed by atoms with Gasteiger partial charge < -0.3 is 0 Å². The highest BCUT2D eigenvalue weighted by Gasteiger charge is 2.12. The maximum atomic E-state index is 11.1. The quantitative estimate of drug-likeness (QED) is 0.491. The van der Waals surface area contributed by atoms with Crippen LogP contribution in [0.15, 0.2) is 24.3 Å². The molecule has 1 heterocycles. The average molecular weight is 277 g/mol. The number of rotatable bonds is 1. The van der Waals surface area contributed by atoms with Gasteiger partial charge in [-0.05, 0) is 12.1 Å². The lowest BCUT2D eigenvalue weighted by atomic mass is 10.3. The van der Waals surface area contributed by atoms with Crippen molar-refractivity contribution >= 4 is 44.5 Å². The molecular weight excluding hydrogens is 264 g/mol. The number of para-hydroxylation sites is 1. The number of aromatic nitrogens is 1. The van der Waals surface area contributed by atoms with E-state index in [2.05, 4.69) is 20.6 Å². The maximum Gasteiger partial charge on any atom is 0.322 e. The van der Waals surface area contributed by atoms with Crippen molar-refractivity contribution in [1.82, 2.24) is 15.6 Å². The molecule has 0 atom stereocenters. The molecule has 7 heteroatoms. The molecule has 1 aromatic heterocycles. The zero-order chi connectivity index (χ0) is 13.8. The third kappa shape index (κ3) is 3.59. The van der Waals surface area contributed by atoms with Gasteiger partial charge in [0.15, 0.2) is 0 Å². The first-order valence-corrected chi connectivity index (χ1v) is 6.41. The molecule has 6 nitrogen and oxygen atoms in total. The Morgan fingerprint density at radius 1 is 1.16 bits per heavy atom. The minimum absolute atomic E-state index is 0.207. The minimum Gasteiger partial charge on any atom is -0.261 e. The van der Waals surface area contributed by atoms with Crippen LogP contribution in [0.25, 0.3) is 10.2 Å². The van der Waals surface area contributed by atoms with Gasteiger partial charge in [-0.25, -0.2) is 15.6 Å². The van der Waals surface area contributed by atoms with Crippen molar-refractivity contribution in [2.24, 2.45) is 0 Å². The zero-order valence-corrected chi connectivity index (χ0v) is 11.3. The molecule has 0 aliphatic rings. The number of benzene rings is 1. The Balaban J connectivity index is 2.33. The standard InChI is InChI=1S/C12H12N4O2S/c1-7(17)13-11(14-8(2)18)16-12-15-9-5-3-4-6-10(9)19-12/h3-6H,1-2H3,(H2,13,14,15,16,17,18)/p+1. The summed E-state index contributed by atoms with van der Waals surface area (Å²) in [4.78, 5) is 29.4. The van der Waals surface area contributed by atoms with E-state index in [0.717, 1.165) is 10.2 Å². The Labute approximate surface area is 113 Å². The van der Waals surface area contributed by atoms with Gasteiger partial charge in [-0.15, -0.1) is 4.98 Å². The van der Waals surface area contributed by atoms with Crippen LogP contribution in [0.3, 0.4) is 0 Å². The van der Waals surface area contributed by atoms with E-state index in [4.69, 9.17) is 0 Å². The number of guanidine groups is 1. The highest BCUT2D eigenvalue weighted by molar-refractivity contribution is 7.21. The molecule has 1 aromatic carbocycles. The van der Waals surface area contributed by atoms with E-state index in [1.165, 1.54) is 25.2 Å². The van der Waals surface area contributed by atoms with Crippen LogP contribution in [0.2, 0.25) is 0 Å². The van der Waals surface area contributed by atoms with Gasteiger partial charge >= 0.3 is 5.96 Å². The predicted molar refractivity (Wildman–Crippen MR) is 72.9 cm³/mol. The van der Waals surface area contributed by atoms with Crippen LogP contribution < -0.4 is 15.6 Å². The molecule has 0 fully saturated rings. The molecule has 0 radical (unpaired) electrons. The summed E-state index contributed by atoms with van der Waals surface area (Å²) in [7, 11) is 0. The smallest absolute Gasteiger partial charge is 0.261 e. The zero-order valence-electron chi connectivity index (χ0n) is 10.5. The van der Waals surface area contributed by atoms with Crippen molar-refractivity contribution in [2.45, 2.75) is 13.8 Å². The third-order valence-corrected chi connectivity index (χ3v) is 3.08. The summed E-state index contributed by atoms with van der Waals surface area (Å²) in [6, 6.07) is 7.68. The molecule has 2 rings (SSSR count). The lowest BCUT2D eigenvalue weighted by Crippen LogP contribution is -2.75. The fourth-order valence-electron chi connectivity index (χ4n) is 1.48. The molecule has 2 amide bonds. The van der Waals surface area contributed by atoms with Crippen LogP contribution in [-0.4, -0.2) is 22.8 Å². The van der Waals surface area contributed by atoms with E-state index in [1.54, 1.807) is 0 Å². The van der Waals surface area contributed by atoms with Crippen LogP contribution in [0.4, 0.5) is 5.13 Å². The normalized spacial score (nSPS) is 10.0. The largest absolute Gasteiger partial charge is 0.322 e. The van der Waals surface area contributed by atoms with Crippen LogP contribution >= 0.6 is 11.3 Å². The van der Waals surface area contributed by atoms with Crippen molar-refractivity contribution in [3.63, 3.8) is 0 Å². The number of hydrogen-bond donors (Lipinski definition) is 3. The number of nitrogens with zero attached hydrogens (tertiary/aromatic N) is 1. The topological polar surface area (TPSA) is 85.1 Å². The number of hydrogen-bond acceptors (Lipinski definition) is 4. The molecule has 0 unspecified atom stereocenters. The highest BCUT2D eigenvalue weighted by Crippen LogP contribution is 2.21. The Hall–Kier alpha value is -2.28. The molecule has 0 saturated heterocycles. The fraction of sp³-hybridized carbons (Fsp3) is 0.167. The van der Waals surface area contributed by atoms with Crippen molar-refractivity contribution < 1.29 is 14.6 Å². The number of carbonyl (C=O) groups is 2. The summed E-state index contributed by atoms with van der Waals surface area (Å²) in [5, 5.41) is 5.61. The summed E-state index contributed by atoms with van der Waals surface area (Å²) in [6.07, 6.45) is 0. The van der Waals surface area contributed by atoms with Crippen LogP contribution in [0.5, 0.6) is 0 Å². The van der Waals surface area contributed by atoms with Crippen molar-refractivity contribution in [3.8, 4) is 0 Å². The molecular formula is C12H13N4O2S+. The van der Waals surface area contributed by atoms with E-state index < -0.39 is 0 Å². The maximum absolute atomic E-state index is 11.1. The lowest BCUT2D eigenvalue weighted by Gasteiger charge is -1.99. The summed E-state index contributed by atoms with van der Waals surface area (Å²) < 4.78 is 1.02. The average Bonchev–Trinajstić information content (AvgIpc) is 2.68. The van der Waals surface area contributed by atoms with Gasteiger partial charge in [-0.2, -0.15) is 0 Å². The molecule has 98 valence electrons. The molecule has 3 N–H and O–H groups in total. The molecule has 0 bridgehead atoms. The number of thiazole rings is 1. The Morgan fingerprint density at radius 2 is 1.79 bits per heavy atom. The van der Waals surface area contributed by atoms with Gasteiger partial charge in [0.05, 0.1) is 4.70 Å². The summed E-state index contributed by atoms with van der Waals surface area (Å²) in [6.45, 7) is 2.73. The Kier molecular flexibility index (Phi) is 3.86. The second kappa shape index (κ2) is 5.57. The number of carbonyl (C=O) groups excluding carboxylic acids is 2. The van der Waals surface area contributed by atoms with Gasteiger partial charge in [0.1, 0.15) is 5.52 Å². The Morgan fingerprint density at radius 3 is 2.37 bits per heavy atom. The second-order valence-corrected chi connectivity index (χ2v) is 4.88. The van der Waals surface area contributed by atoms with Gasteiger partial charge in [0.2, 0.25) is 0 Å². The van der Waals surface area contributed by atoms with Crippen molar-refractivity contribution in [2.75, 3.05) is 0 Å². The Bertz CT molecular complexity index is 612. The van der Waals surface area contributed by atoms with Crippen molar-refractivity contribution in [1.29, 1.82) is 0 Å². The van der Waals surface area contributed by atoms with Gasteiger partial charge in [0.25, 0.3) is 16.9 Å². The first-order valence-electron chi connectivity index (χ1n) is 5.59. The SMILES string of the molecule is CC(=O)NC(NC(C)=O)=[NH+]c1nc2ccccc2s1. The molecule has 0 saturated carbocycles. The van der Waals surface area contributed by atoms with E-state index in [1.807, 2.05) is 24.3 Å². The van der Waals surface area contributed by atoms with E-state index in [0.29, 0.717) is 5.13 Å². The van der Waals surface area contributed by atoms with E-state index >= 15 is 0 Å². The predicted octanol–water partition coefficient (Wildman–Crippen LogP) is -0.363. The molecule has 2 aromatic rings. The third-order valence-electron chi connectivity index (χ3n) is 2.13. The van der Waals surface area contributed by atoms with Gasteiger partial charge in [-0.1, -0.05) is 23.5 Å². The monoisotopic (exact) mass is 277 g/mol. The van der Waals surface area contributed by atoms with E-state index in [9.17, 15) is 9.59 Å². The summed E-state index contributed by atoms with van der Waals surface area (Å²) in [5.41, 5.74) is 0.861. The van der Waals surface area contributed by atoms with Gasteiger partial charge in [0, 0.05) is 13.8 Å². The van der Waals surface area contributed by atoms with Gasteiger partial charge in [-0.3, -0.25) is 9.59 Å². The number of amides is 2. The molecule has 19 heavy (non-hydrogen) atoms.